The van der Waals surface area contributed by atoms with Gasteiger partial charge in [-0.1, -0.05) is 31.4 Å². The van der Waals surface area contributed by atoms with Gasteiger partial charge < -0.3 is 5.11 Å². The molecule has 3 rings (SSSR count). The topological polar surface area (TPSA) is 79.5 Å². The number of allylic oxidation sites excluding steroid dienone is 3. The highest BCUT2D eigenvalue weighted by atomic mass is 16.6. The van der Waals surface area contributed by atoms with Crippen molar-refractivity contribution in [3.63, 3.8) is 0 Å². The van der Waals surface area contributed by atoms with E-state index < -0.39 is 4.92 Å². The van der Waals surface area contributed by atoms with E-state index in [-0.39, 0.29) is 17.0 Å². The van der Waals surface area contributed by atoms with Gasteiger partial charge in [-0.15, -0.1) is 0 Å². The lowest BCUT2D eigenvalue weighted by molar-refractivity contribution is -0.383. The Morgan fingerprint density at radius 3 is 3.00 bits per heavy atom. The van der Waals surface area contributed by atoms with Crippen LogP contribution < -0.4 is 0 Å². The van der Waals surface area contributed by atoms with Crippen LogP contribution >= 0.6 is 0 Å². The number of benzene rings is 1. The van der Waals surface area contributed by atoms with Crippen LogP contribution in [-0.4, -0.2) is 33.0 Å². The Labute approximate surface area is 151 Å². The second-order valence-corrected chi connectivity index (χ2v) is 6.39. The molecule has 2 heterocycles. The number of likely N-dealkylation sites (tertiary alicyclic amines) is 1. The van der Waals surface area contributed by atoms with Crippen molar-refractivity contribution in [2.24, 2.45) is 5.92 Å². The van der Waals surface area contributed by atoms with E-state index in [1.165, 1.54) is 12.3 Å². The molecule has 1 unspecified atom stereocenters. The third-order valence-electron chi connectivity index (χ3n) is 4.80. The lowest BCUT2D eigenvalue weighted by atomic mass is 9.98. The Kier molecular flexibility index (Phi) is 5.14. The van der Waals surface area contributed by atoms with Gasteiger partial charge in [0, 0.05) is 30.9 Å². The molecule has 1 fully saturated rings. The summed E-state index contributed by atoms with van der Waals surface area (Å²) in [6, 6.07) is 4.69. The number of nitro groups is 1. The molecule has 0 radical (unpaired) electrons. The van der Waals surface area contributed by atoms with E-state index >= 15 is 0 Å². The first kappa shape index (κ1) is 17.8. The fourth-order valence-electron chi connectivity index (χ4n) is 3.53. The van der Waals surface area contributed by atoms with Gasteiger partial charge in [0.25, 0.3) is 5.69 Å². The molecular weight excluding hydrogens is 330 g/mol. The Bertz CT molecular complexity index is 905. The van der Waals surface area contributed by atoms with Crippen molar-refractivity contribution >= 4 is 16.6 Å². The molecule has 1 saturated heterocycles. The minimum Gasteiger partial charge on any atom is -0.505 e. The van der Waals surface area contributed by atoms with Crippen molar-refractivity contribution < 1.29 is 10.0 Å². The van der Waals surface area contributed by atoms with Crippen molar-refractivity contribution in [2.45, 2.75) is 13.0 Å². The van der Waals surface area contributed by atoms with Crippen LogP contribution in [0.5, 0.6) is 5.75 Å². The number of aromatic hydroxyl groups is 1. The van der Waals surface area contributed by atoms with Gasteiger partial charge >= 0.3 is 0 Å². The van der Waals surface area contributed by atoms with Gasteiger partial charge in [0.1, 0.15) is 11.3 Å². The van der Waals surface area contributed by atoms with Gasteiger partial charge in [-0.2, -0.15) is 0 Å². The monoisotopic (exact) mass is 351 g/mol. The number of non-ortho nitro benzene ring substituents is 1. The molecule has 1 aliphatic heterocycles. The molecule has 0 bridgehead atoms. The van der Waals surface area contributed by atoms with Gasteiger partial charge in [-0.25, -0.2) is 0 Å². The third-order valence-corrected chi connectivity index (χ3v) is 4.80. The fraction of sp³-hybridized carbons (Fsp3) is 0.250. The predicted molar refractivity (Wildman–Crippen MR) is 102 cm³/mol. The normalized spacial score (nSPS) is 18.2. The number of pyridine rings is 1. The van der Waals surface area contributed by atoms with Crippen LogP contribution in [0.3, 0.4) is 0 Å². The highest BCUT2D eigenvalue weighted by Gasteiger charge is 2.26. The number of phenolic OH excluding ortho intramolecular Hbond substituents is 1. The number of rotatable bonds is 6. The molecule has 6 heteroatoms. The Balaban J connectivity index is 1.89. The molecule has 1 N–H and O–H groups in total. The molecule has 1 aromatic heterocycles. The first-order valence-electron chi connectivity index (χ1n) is 8.46. The van der Waals surface area contributed by atoms with Crippen molar-refractivity contribution in [1.82, 2.24) is 9.88 Å². The van der Waals surface area contributed by atoms with E-state index in [1.807, 2.05) is 12.2 Å². The van der Waals surface area contributed by atoms with E-state index in [2.05, 4.69) is 23.0 Å². The maximum atomic E-state index is 11.4. The fourth-order valence-corrected chi connectivity index (χ4v) is 3.53. The molecule has 1 atom stereocenters. The van der Waals surface area contributed by atoms with Crippen LogP contribution in [0.25, 0.3) is 10.9 Å². The van der Waals surface area contributed by atoms with Gasteiger partial charge in [0.2, 0.25) is 0 Å². The van der Waals surface area contributed by atoms with E-state index in [0.29, 0.717) is 23.4 Å². The molecule has 0 amide bonds. The summed E-state index contributed by atoms with van der Waals surface area (Å²) in [7, 11) is 0. The number of nitro benzene ring substituents is 1. The Morgan fingerprint density at radius 2 is 2.31 bits per heavy atom. The molecule has 26 heavy (non-hydrogen) atoms. The highest BCUT2D eigenvalue weighted by Crippen LogP contribution is 2.36. The van der Waals surface area contributed by atoms with Gasteiger partial charge in [-0.3, -0.25) is 20.0 Å². The standard InChI is InChI=1S/C20H21N3O3/c1-3-6-14(4-2)15-8-10-22(12-15)13-16-11-18(23(25)26)17-7-5-9-21-19(17)20(16)24/h3-7,9,11,15,24H,1-2,8,10,12-13H2/b14-6+. The van der Waals surface area contributed by atoms with Crippen molar-refractivity contribution in [1.29, 1.82) is 0 Å². The average Bonchev–Trinajstić information content (AvgIpc) is 3.10. The molecule has 1 aromatic carbocycles. The second-order valence-electron chi connectivity index (χ2n) is 6.39. The minimum absolute atomic E-state index is 0.0141. The summed E-state index contributed by atoms with van der Waals surface area (Å²) >= 11 is 0. The molecule has 0 aliphatic carbocycles. The summed E-state index contributed by atoms with van der Waals surface area (Å²) in [5.74, 6) is 0.362. The zero-order valence-corrected chi connectivity index (χ0v) is 14.5. The second kappa shape index (κ2) is 7.49. The molecule has 134 valence electrons. The summed E-state index contributed by atoms with van der Waals surface area (Å²) < 4.78 is 0. The van der Waals surface area contributed by atoms with Crippen LogP contribution in [0.15, 0.2) is 61.4 Å². The van der Waals surface area contributed by atoms with Crippen molar-refractivity contribution in [3.8, 4) is 5.75 Å². The summed E-state index contributed by atoms with van der Waals surface area (Å²) in [6.45, 7) is 9.68. The number of fused-ring (bicyclic) bond motifs is 1. The largest absolute Gasteiger partial charge is 0.505 e. The third kappa shape index (κ3) is 3.36. The quantitative estimate of drug-likeness (QED) is 0.484. The predicted octanol–water partition coefficient (Wildman–Crippen LogP) is 3.97. The first-order valence-corrected chi connectivity index (χ1v) is 8.46. The lowest BCUT2D eigenvalue weighted by Crippen LogP contribution is -2.20. The number of hydrogen-bond acceptors (Lipinski definition) is 5. The number of aromatic nitrogens is 1. The van der Waals surface area contributed by atoms with E-state index in [0.717, 1.165) is 25.1 Å². The molecule has 0 saturated carbocycles. The molecule has 6 nitrogen and oxygen atoms in total. The molecule has 1 aliphatic rings. The summed E-state index contributed by atoms with van der Waals surface area (Å²) in [4.78, 5) is 17.3. The Morgan fingerprint density at radius 1 is 1.50 bits per heavy atom. The van der Waals surface area contributed by atoms with Gasteiger partial charge in [0.15, 0.2) is 0 Å². The van der Waals surface area contributed by atoms with Crippen molar-refractivity contribution in [2.75, 3.05) is 13.1 Å². The molecule has 2 aromatic rings. The van der Waals surface area contributed by atoms with Crippen LogP contribution in [0.1, 0.15) is 12.0 Å². The van der Waals surface area contributed by atoms with Gasteiger partial charge in [-0.05, 0) is 36.6 Å². The van der Waals surface area contributed by atoms with E-state index in [9.17, 15) is 15.2 Å². The average molecular weight is 351 g/mol. The maximum absolute atomic E-state index is 11.4. The summed E-state index contributed by atoms with van der Waals surface area (Å²) in [6.07, 6.45) is 8.06. The smallest absolute Gasteiger partial charge is 0.279 e. The van der Waals surface area contributed by atoms with E-state index in [1.54, 1.807) is 18.2 Å². The molecular formula is C20H21N3O3. The zero-order valence-electron chi connectivity index (χ0n) is 14.5. The SMILES string of the molecule is C=C/C=C(\C=C)C1CCN(Cc2cc([N+](=O)[O-])c3cccnc3c2O)C1. The van der Waals surface area contributed by atoms with Crippen LogP contribution in [-0.2, 0) is 6.54 Å². The highest BCUT2D eigenvalue weighted by molar-refractivity contribution is 5.93. The van der Waals surface area contributed by atoms with Crippen LogP contribution in [0, 0.1) is 16.0 Å². The summed E-state index contributed by atoms with van der Waals surface area (Å²) in [5.41, 5.74) is 1.90. The molecule has 0 spiro atoms. The minimum atomic E-state index is -0.428. The maximum Gasteiger partial charge on any atom is 0.279 e. The van der Waals surface area contributed by atoms with Crippen LogP contribution in [0.2, 0.25) is 0 Å². The number of nitrogens with zero attached hydrogens (tertiary/aromatic N) is 3. The van der Waals surface area contributed by atoms with E-state index in [4.69, 9.17) is 0 Å². The van der Waals surface area contributed by atoms with Gasteiger partial charge in [0.05, 0.1) is 10.3 Å². The first-order chi connectivity index (χ1) is 12.5. The summed E-state index contributed by atoms with van der Waals surface area (Å²) in [5, 5.41) is 22.3. The van der Waals surface area contributed by atoms with Crippen LogP contribution in [0.4, 0.5) is 5.69 Å². The zero-order chi connectivity index (χ0) is 18.7. The Hall–Kier alpha value is -2.99. The van der Waals surface area contributed by atoms with Crippen molar-refractivity contribution in [3.05, 3.63) is 77.0 Å². The number of phenols is 1. The number of hydrogen-bond donors (Lipinski definition) is 1. The lowest BCUT2D eigenvalue weighted by Gasteiger charge is -2.18.